The zero-order valence-corrected chi connectivity index (χ0v) is 28.3. The first kappa shape index (κ1) is 29.9. The standard InChI is InChI=1S/C49H37N/c1-49(2)45-23-12-16-38-30-33-42(36-28-31-41(32-29-36)50(39-17-8-4-9-18-39)40-19-10-5-11-20-40)47(46(38)45)44-22-13-21-43(48(44)49)37-26-24-35(25-27-37)34-14-6-3-7-15-34/h3-33H,1-2H3. The van der Waals surface area contributed by atoms with Crippen LogP contribution >= 0.6 is 0 Å². The Bertz CT molecular complexity index is 2420. The smallest absolute Gasteiger partial charge is 0.0462 e. The van der Waals surface area contributed by atoms with Gasteiger partial charge in [-0.05, 0) is 103 Å². The van der Waals surface area contributed by atoms with E-state index in [9.17, 15) is 0 Å². The Kier molecular flexibility index (Phi) is 7.21. The zero-order valence-electron chi connectivity index (χ0n) is 28.3. The predicted molar refractivity (Wildman–Crippen MR) is 213 cm³/mol. The van der Waals surface area contributed by atoms with Gasteiger partial charge in [0.1, 0.15) is 0 Å². The van der Waals surface area contributed by atoms with E-state index in [4.69, 9.17) is 0 Å². The lowest BCUT2D eigenvalue weighted by Crippen LogP contribution is -2.25. The monoisotopic (exact) mass is 639 g/mol. The summed E-state index contributed by atoms with van der Waals surface area (Å²) in [5.74, 6) is 0. The molecule has 8 aromatic rings. The van der Waals surface area contributed by atoms with E-state index in [0.717, 1.165) is 17.1 Å². The summed E-state index contributed by atoms with van der Waals surface area (Å²) < 4.78 is 0. The van der Waals surface area contributed by atoms with E-state index in [0.29, 0.717) is 0 Å². The average molecular weight is 640 g/mol. The van der Waals surface area contributed by atoms with Crippen LogP contribution in [0, 0.1) is 0 Å². The summed E-state index contributed by atoms with van der Waals surface area (Å²) >= 11 is 0. The van der Waals surface area contributed by atoms with Gasteiger partial charge >= 0.3 is 0 Å². The van der Waals surface area contributed by atoms with Crippen molar-refractivity contribution in [2.24, 2.45) is 0 Å². The molecule has 0 amide bonds. The van der Waals surface area contributed by atoms with E-state index in [1.807, 2.05) is 0 Å². The molecule has 0 unspecified atom stereocenters. The zero-order chi connectivity index (χ0) is 33.7. The minimum absolute atomic E-state index is 0.190. The summed E-state index contributed by atoms with van der Waals surface area (Å²) in [6.07, 6.45) is 0. The predicted octanol–water partition coefficient (Wildman–Crippen LogP) is 13.6. The minimum Gasteiger partial charge on any atom is -0.311 e. The van der Waals surface area contributed by atoms with Crippen LogP contribution in [0.25, 0.3) is 55.3 Å². The number of benzene rings is 8. The van der Waals surface area contributed by atoms with E-state index in [2.05, 4.69) is 207 Å². The molecule has 0 saturated heterocycles. The molecule has 0 bridgehead atoms. The topological polar surface area (TPSA) is 3.24 Å². The number of para-hydroxylation sites is 2. The summed E-state index contributed by atoms with van der Waals surface area (Å²) in [5, 5.41) is 2.65. The van der Waals surface area contributed by atoms with Crippen molar-refractivity contribution in [3.63, 3.8) is 0 Å². The van der Waals surface area contributed by atoms with Crippen LogP contribution in [0.4, 0.5) is 17.1 Å². The van der Waals surface area contributed by atoms with Crippen LogP contribution in [0.2, 0.25) is 0 Å². The van der Waals surface area contributed by atoms with Crippen LogP contribution in [0.15, 0.2) is 188 Å². The number of hydrogen-bond donors (Lipinski definition) is 0. The fourth-order valence-electron chi connectivity index (χ4n) is 8.09. The van der Waals surface area contributed by atoms with Gasteiger partial charge in [0.05, 0.1) is 0 Å². The third kappa shape index (κ3) is 4.94. The molecule has 50 heavy (non-hydrogen) atoms. The summed E-state index contributed by atoms with van der Waals surface area (Å²) in [4.78, 5) is 2.32. The molecule has 1 aliphatic rings. The van der Waals surface area contributed by atoms with E-state index in [1.54, 1.807) is 0 Å². The van der Waals surface area contributed by atoms with Crippen LogP contribution in [0.3, 0.4) is 0 Å². The second kappa shape index (κ2) is 12.1. The largest absolute Gasteiger partial charge is 0.311 e. The summed E-state index contributed by atoms with van der Waals surface area (Å²) in [6, 6.07) is 68.4. The molecule has 0 atom stereocenters. The molecule has 0 radical (unpaired) electrons. The average Bonchev–Trinajstić information content (AvgIpc) is 3.18. The first-order chi connectivity index (χ1) is 24.6. The second-order valence-corrected chi connectivity index (χ2v) is 13.7. The molecule has 0 aliphatic heterocycles. The van der Waals surface area contributed by atoms with Crippen molar-refractivity contribution < 1.29 is 0 Å². The molecule has 0 saturated carbocycles. The first-order valence-electron chi connectivity index (χ1n) is 17.4. The Morgan fingerprint density at radius 2 is 0.860 bits per heavy atom. The van der Waals surface area contributed by atoms with Crippen LogP contribution < -0.4 is 4.90 Å². The van der Waals surface area contributed by atoms with Crippen LogP contribution in [-0.2, 0) is 5.41 Å². The third-order valence-corrected chi connectivity index (χ3v) is 10.4. The van der Waals surface area contributed by atoms with Gasteiger partial charge in [-0.15, -0.1) is 0 Å². The molecule has 9 rings (SSSR count). The van der Waals surface area contributed by atoms with Crippen molar-refractivity contribution in [2.75, 3.05) is 4.90 Å². The van der Waals surface area contributed by atoms with Crippen molar-refractivity contribution in [3.05, 3.63) is 199 Å². The van der Waals surface area contributed by atoms with Gasteiger partial charge in [-0.25, -0.2) is 0 Å². The second-order valence-electron chi connectivity index (χ2n) is 13.7. The lowest BCUT2D eigenvalue weighted by atomic mass is 9.65. The fourth-order valence-corrected chi connectivity index (χ4v) is 8.09. The summed E-state index contributed by atoms with van der Waals surface area (Å²) in [5.41, 5.74) is 16.1. The Balaban J connectivity index is 1.20. The van der Waals surface area contributed by atoms with Gasteiger partial charge in [0.2, 0.25) is 0 Å². The first-order valence-corrected chi connectivity index (χ1v) is 17.4. The molecule has 0 fully saturated rings. The maximum Gasteiger partial charge on any atom is 0.0462 e. The molecule has 8 aromatic carbocycles. The summed E-state index contributed by atoms with van der Waals surface area (Å²) in [7, 11) is 0. The van der Waals surface area contributed by atoms with Gasteiger partial charge < -0.3 is 4.90 Å². The van der Waals surface area contributed by atoms with Crippen molar-refractivity contribution in [2.45, 2.75) is 19.3 Å². The van der Waals surface area contributed by atoms with E-state index < -0.39 is 0 Å². The van der Waals surface area contributed by atoms with E-state index in [1.165, 1.54) is 66.4 Å². The molecular weight excluding hydrogens is 603 g/mol. The van der Waals surface area contributed by atoms with Crippen LogP contribution in [0.1, 0.15) is 25.0 Å². The maximum absolute atomic E-state index is 2.40. The lowest BCUT2D eigenvalue weighted by Gasteiger charge is -2.38. The highest BCUT2D eigenvalue weighted by atomic mass is 15.1. The Labute approximate surface area is 294 Å². The maximum atomic E-state index is 2.40. The van der Waals surface area contributed by atoms with Crippen molar-refractivity contribution >= 4 is 27.8 Å². The molecule has 238 valence electrons. The van der Waals surface area contributed by atoms with Gasteiger partial charge in [-0.3, -0.25) is 0 Å². The highest BCUT2D eigenvalue weighted by Gasteiger charge is 2.36. The molecule has 0 heterocycles. The van der Waals surface area contributed by atoms with Crippen molar-refractivity contribution in [1.29, 1.82) is 0 Å². The van der Waals surface area contributed by atoms with Gasteiger partial charge in [0, 0.05) is 22.5 Å². The van der Waals surface area contributed by atoms with Gasteiger partial charge in [0.25, 0.3) is 0 Å². The number of anilines is 3. The highest BCUT2D eigenvalue weighted by Crippen LogP contribution is 2.54. The Hall–Kier alpha value is -6.18. The molecule has 1 aliphatic carbocycles. The SMILES string of the molecule is CC1(C)c2c(-c3ccc(-c4ccccc4)cc3)cccc2-c2c(-c3ccc(N(c4ccccc4)c4ccccc4)cc3)ccc3cccc1c23. The normalized spacial score (nSPS) is 12.8. The van der Waals surface area contributed by atoms with Crippen LogP contribution in [-0.4, -0.2) is 0 Å². The number of hydrogen-bond acceptors (Lipinski definition) is 1. The summed E-state index contributed by atoms with van der Waals surface area (Å²) in [6.45, 7) is 4.79. The van der Waals surface area contributed by atoms with Crippen LogP contribution in [0.5, 0.6) is 0 Å². The fraction of sp³-hybridized carbons (Fsp3) is 0.0612. The number of fused-ring (bicyclic) bond motifs is 2. The molecule has 0 N–H and O–H groups in total. The van der Waals surface area contributed by atoms with Gasteiger partial charge in [0.15, 0.2) is 0 Å². The highest BCUT2D eigenvalue weighted by molar-refractivity contribution is 6.10. The molecule has 1 heteroatoms. The van der Waals surface area contributed by atoms with Crippen molar-refractivity contribution in [1.82, 2.24) is 0 Å². The molecule has 1 nitrogen and oxygen atoms in total. The van der Waals surface area contributed by atoms with Gasteiger partial charge in [-0.2, -0.15) is 0 Å². The minimum atomic E-state index is -0.190. The third-order valence-electron chi connectivity index (χ3n) is 10.4. The number of rotatable bonds is 6. The lowest BCUT2D eigenvalue weighted by molar-refractivity contribution is 0.647. The quantitative estimate of drug-likeness (QED) is 0.175. The van der Waals surface area contributed by atoms with Crippen molar-refractivity contribution in [3.8, 4) is 44.5 Å². The molecular formula is C49H37N. The molecule has 0 aromatic heterocycles. The Morgan fingerprint density at radius 3 is 1.52 bits per heavy atom. The Morgan fingerprint density at radius 1 is 0.360 bits per heavy atom. The van der Waals surface area contributed by atoms with E-state index in [-0.39, 0.29) is 5.41 Å². The van der Waals surface area contributed by atoms with Gasteiger partial charge in [-0.1, -0.05) is 166 Å². The number of nitrogens with zero attached hydrogens (tertiary/aromatic N) is 1. The molecule has 0 spiro atoms. The van der Waals surface area contributed by atoms with E-state index >= 15 is 0 Å².